The van der Waals surface area contributed by atoms with E-state index in [0.717, 1.165) is 11.3 Å². The van der Waals surface area contributed by atoms with Crippen molar-refractivity contribution >= 4 is 5.69 Å². The zero-order chi connectivity index (χ0) is 11.5. The number of nitrogens with two attached hydrogens (primary N) is 1. The second-order valence-corrected chi connectivity index (χ2v) is 4.61. The van der Waals surface area contributed by atoms with Crippen molar-refractivity contribution in [3.63, 3.8) is 0 Å². The van der Waals surface area contributed by atoms with Gasteiger partial charge in [0.2, 0.25) is 0 Å². The zero-order valence-corrected chi connectivity index (χ0v) is 9.62. The van der Waals surface area contributed by atoms with E-state index in [1.54, 1.807) is 6.92 Å². The van der Waals surface area contributed by atoms with Gasteiger partial charge in [0.25, 0.3) is 0 Å². The molecule has 0 radical (unpaired) electrons. The molecule has 3 nitrogen and oxygen atoms in total. The zero-order valence-electron chi connectivity index (χ0n) is 9.62. The molecule has 0 heterocycles. The lowest BCUT2D eigenvalue weighted by atomic mass is 10.1. The van der Waals surface area contributed by atoms with Crippen LogP contribution in [-0.2, 0) is 0 Å². The summed E-state index contributed by atoms with van der Waals surface area (Å²) in [5, 5.41) is 12.8. The molecule has 15 heavy (non-hydrogen) atoms. The molecule has 0 aliphatic heterocycles. The lowest BCUT2D eigenvalue weighted by molar-refractivity contribution is 0.200. The molecule has 3 heteroatoms. The van der Waals surface area contributed by atoms with Crippen molar-refractivity contribution in [2.75, 3.05) is 11.9 Å². The van der Waals surface area contributed by atoms with Gasteiger partial charge in [-0.3, -0.25) is 0 Å². The monoisotopic (exact) mass is 208 g/mol. The molecule has 1 aromatic carbocycles. The van der Waals surface area contributed by atoms with E-state index in [2.05, 4.69) is 5.32 Å². The molecule has 1 unspecified atom stereocenters. The van der Waals surface area contributed by atoms with Gasteiger partial charge in [-0.2, -0.15) is 0 Å². The van der Waals surface area contributed by atoms with Crippen LogP contribution in [0.1, 0.15) is 32.4 Å². The smallest absolute Gasteiger partial charge is 0.0781 e. The maximum atomic E-state index is 9.56. The number of anilines is 1. The third kappa shape index (κ3) is 3.90. The fraction of sp³-hybridized carbons (Fsp3) is 0.500. The van der Waals surface area contributed by atoms with Gasteiger partial charge in [0.15, 0.2) is 0 Å². The van der Waals surface area contributed by atoms with E-state index in [-0.39, 0.29) is 5.54 Å². The van der Waals surface area contributed by atoms with Crippen molar-refractivity contribution in [1.82, 2.24) is 0 Å². The molecule has 0 saturated carbocycles. The average molecular weight is 208 g/mol. The quantitative estimate of drug-likeness (QED) is 0.708. The van der Waals surface area contributed by atoms with E-state index < -0.39 is 6.10 Å². The lowest BCUT2D eigenvalue weighted by Gasteiger charge is -2.21. The van der Waals surface area contributed by atoms with E-state index in [0.29, 0.717) is 6.54 Å². The number of hydrogen-bond acceptors (Lipinski definition) is 3. The van der Waals surface area contributed by atoms with Crippen LogP contribution in [0.25, 0.3) is 0 Å². The lowest BCUT2D eigenvalue weighted by Crippen LogP contribution is -2.39. The Morgan fingerprint density at radius 1 is 1.40 bits per heavy atom. The Balaban J connectivity index is 2.76. The summed E-state index contributed by atoms with van der Waals surface area (Å²) in [6, 6.07) is 7.73. The molecular weight excluding hydrogens is 188 g/mol. The number of hydrogen-bond donors (Lipinski definition) is 3. The molecule has 0 aliphatic carbocycles. The van der Waals surface area contributed by atoms with Crippen LogP contribution >= 0.6 is 0 Å². The molecule has 0 aliphatic rings. The van der Waals surface area contributed by atoms with Gasteiger partial charge in [-0.25, -0.2) is 0 Å². The molecule has 0 spiro atoms. The van der Waals surface area contributed by atoms with Crippen LogP contribution in [0.2, 0.25) is 0 Å². The molecular formula is C12H20N2O. The van der Waals surface area contributed by atoms with Crippen molar-refractivity contribution in [3.05, 3.63) is 29.8 Å². The molecule has 0 aromatic heterocycles. The fourth-order valence-electron chi connectivity index (χ4n) is 1.35. The van der Waals surface area contributed by atoms with Crippen LogP contribution < -0.4 is 11.1 Å². The topological polar surface area (TPSA) is 58.3 Å². The van der Waals surface area contributed by atoms with Crippen LogP contribution in [0.4, 0.5) is 5.69 Å². The van der Waals surface area contributed by atoms with Gasteiger partial charge in [0.1, 0.15) is 0 Å². The Bertz CT molecular complexity index is 316. The fourth-order valence-corrected chi connectivity index (χ4v) is 1.35. The highest BCUT2D eigenvalue weighted by atomic mass is 16.3. The van der Waals surface area contributed by atoms with E-state index in [9.17, 15) is 5.11 Å². The predicted molar refractivity (Wildman–Crippen MR) is 63.8 cm³/mol. The van der Waals surface area contributed by atoms with Crippen LogP contribution in [0.15, 0.2) is 24.3 Å². The number of benzene rings is 1. The first-order valence-corrected chi connectivity index (χ1v) is 5.20. The largest absolute Gasteiger partial charge is 0.389 e. The van der Waals surface area contributed by atoms with E-state index in [4.69, 9.17) is 5.73 Å². The summed E-state index contributed by atoms with van der Waals surface area (Å²) in [6.07, 6.45) is -0.463. The predicted octanol–water partition coefficient (Wildman–Crippen LogP) is 1.89. The number of aliphatic hydroxyl groups excluding tert-OH is 1. The van der Waals surface area contributed by atoms with Gasteiger partial charge < -0.3 is 16.2 Å². The first-order chi connectivity index (χ1) is 6.90. The van der Waals surface area contributed by atoms with Gasteiger partial charge in [-0.1, -0.05) is 18.2 Å². The molecule has 1 rings (SSSR count). The normalized spacial score (nSPS) is 13.7. The second kappa shape index (κ2) is 4.64. The second-order valence-electron chi connectivity index (χ2n) is 4.61. The highest BCUT2D eigenvalue weighted by Gasteiger charge is 2.12. The molecule has 84 valence electrons. The summed E-state index contributed by atoms with van der Waals surface area (Å²) >= 11 is 0. The number of nitrogens with one attached hydrogen (secondary N) is 1. The Kier molecular flexibility index (Phi) is 3.72. The van der Waals surface area contributed by atoms with E-state index in [1.165, 1.54) is 0 Å². The number of para-hydroxylation sites is 1. The van der Waals surface area contributed by atoms with Crippen LogP contribution in [0.3, 0.4) is 0 Å². The van der Waals surface area contributed by atoms with Gasteiger partial charge >= 0.3 is 0 Å². The van der Waals surface area contributed by atoms with Gasteiger partial charge in [-0.15, -0.1) is 0 Å². The van der Waals surface area contributed by atoms with Crippen molar-refractivity contribution in [3.8, 4) is 0 Å². The Morgan fingerprint density at radius 3 is 2.53 bits per heavy atom. The minimum absolute atomic E-state index is 0.258. The minimum Gasteiger partial charge on any atom is -0.389 e. The Hall–Kier alpha value is -1.06. The highest BCUT2D eigenvalue weighted by molar-refractivity contribution is 5.52. The molecule has 0 fully saturated rings. The van der Waals surface area contributed by atoms with Gasteiger partial charge in [-0.05, 0) is 26.8 Å². The van der Waals surface area contributed by atoms with Crippen molar-refractivity contribution in [2.45, 2.75) is 32.4 Å². The maximum Gasteiger partial charge on any atom is 0.0781 e. The van der Waals surface area contributed by atoms with Crippen molar-refractivity contribution in [1.29, 1.82) is 0 Å². The standard InChI is InChI=1S/C12H20N2O/c1-9(15)10-6-4-5-7-11(10)14-8-12(2,3)13/h4-7,9,14-15H,8,13H2,1-3H3. The molecule has 1 aromatic rings. The molecule has 1 atom stereocenters. The third-order valence-corrected chi connectivity index (χ3v) is 2.15. The molecule has 0 bridgehead atoms. The van der Waals surface area contributed by atoms with Crippen molar-refractivity contribution < 1.29 is 5.11 Å². The first kappa shape index (κ1) is 12.0. The summed E-state index contributed by atoms with van der Waals surface area (Å²) in [6.45, 7) is 6.36. The average Bonchev–Trinajstić information content (AvgIpc) is 2.14. The summed E-state index contributed by atoms with van der Waals surface area (Å²) in [4.78, 5) is 0. The highest BCUT2D eigenvalue weighted by Crippen LogP contribution is 2.22. The third-order valence-electron chi connectivity index (χ3n) is 2.15. The van der Waals surface area contributed by atoms with Crippen LogP contribution in [-0.4, -0.2) is 17.2 Å². The van der Waals surface area contributed by atoms with Gasteiger partial charge in [0.05, 0.1) is 6.10 Å². The van der Waals surface area contributed by atoms with Crippen molar-refractivity contribution in [2.24, 2.45) is 5.73 Å². The maximum absolute atomic E-state index is 9.56. The summed E-state index contributed by atoms with van der Waals surface area (Å²) in [5.41, 5.74) is 7.48. The van der Waals surface area contributed by atoms with E-state index in [1.807, 2.05) is 38.1 Å². The molecule has 4 N–H and O–H groups in total. The Morgan fingerprint density at radius 2 is 2.00 bits per heavy atom. The van der Waals surface area contributed by atoms with Crippen LogP contribution in [0.5, 0.6) is 0 Å². The van der Waals surface area contributed by atoms with Crippen LogP contribution in [0, 0.1) is 0 Å². The number of aliphatic hydroxyl groups is 1. The molecule has 0 saturated heterocycles. The summed E-state index contributed by atoms with van der Waals surface area (Å²) in [7, 11) is 0. The molecule has 0 amide bonds. The first-order valence-electron chi connectivity index (χ1n) is 5.20. The minimum atomic E-state index is -0.463. The Labute approximate surface area is 91.3 Å². The SMILES string of the molecule is CC(O)c1ccccc1NCC(C)(C)N. The summed E-state index contributed by atoms with van der Waals surface area (Å²) in [5.74, 6) is 0. The number of rotatable bonds is 4. The van der Waals surface area contributed by atoms with Gasteiger partial charge in [0, 0.05) is 23.3 Å². The van der Waals surface area contributed by atoms with E-state index >= 15 is 0 Å². The summed E-state index contributed by atoms with van der Waals surface area (Å²) < 4.78 is 0.